The minimum absolute atomic E-state index is 0.171. The van der Waals surface area contributed by atoms with Crippen molar-refractivity contribution in [2.45, 2.75) is 13.8 Å². The Morgan fingerprint density at radius 2 is 1.76 bits per heavy atom. The molecule has 0 spiro atoms. The van der Waals surface area contributed by atoms with Gasteiger partial charge in [-0.15, -0.1) is 0 Å². The van der Waals surface area contributed by atoms with E-state index in [4.69, 9.17) is 4.74 Å². The summed E-state index contributed by atoms with van der Waals surface area (Å²) in [5, 5.41) is 2.79. The largest absolute Gasteiger partial charge is 0.430 e. The van der Waals surface area contributed by atoms with Gasteiger partial charge in [0.05, 0.1) is 0 Å². The highest BCUT2D eigenvalue weighted by atomic mass is 16.5. The van der Waals surface area contributed by atoms with E-state index < -0.39 is 23.5 Å². The first-order valence-corrected chi connectivity index (χ1v) is 8.97. The van der Waals surface area contributed by atoms with E-state index in [1.165, 1.54) is 19.1 Å². The average Bonchev–Trinajstić information content (AvgIpc) is 2.66. The maximum atomic E-state index is 12.3. The van der Waals surface area contributed by atoms with Gasteiger partial charge in [0.15, 0.2) is 17.5 Å². The topological polar surface area (TPSA) is 89.5 Å². The lowest BCUT2D eigenvalue weighted by molar-refractivity contribution is -0.151. The molecule has 0 aromatic heterocycles. The molecule has 0 fully saturated rings. The van der Waals surface area contributed by atoms with Gasteiger partial charge < -0.3 is 10.1 Å². The summed E-state index contributed by atoms with van der Waals surface area (Å²) in [4.78, 5) is 48.3. The summed E-state index contributed by atoms with van der Waals surface area (Å²) in [5.74, 6) is -3.67. The van der Waals surface area contributed by atoms with Gasteiger partial charge in [0, 0.05) is 17.3 Å². The zero-order valence-electron chi connectivity index (χ0n) is 16.0. The minimum atomic E-state index is -1.47. The Bertz CT molecular complexity index is 1050. The third kappa shape index (κ3) is 4.93. The first-order valence-electron chi connectivity index (χ1n) is 8.97. The Kier molecular flexibility index (Phi) is 5.83. The molecule has 146 valence electrons. The van der Waals surface area contributed by atoms with Gasteiger partial charge in [-0.3, -0.25) is 19.2 Å². The van der Waals surface area contributed by atoms with E-state index in [9.17, 15) is 19.2 Å². The van der Waals surface area contributed by atoms with Crippen LogP contribution < -0.4 is 5.32 Å². The number of ketones is 2. The second-order valence-corrected chi connectivity index (χ2v) is 6.69. The SMILES string of the molecule is CC1=CC(=O)C(C(=O)C=Cc2cccc(NC(=O)c3ccc(C)cc3)c2)C(=O)O1. The highest BCUT2D eigenvalue weighted by Crippen LogP contribution is 2.18. The number of allylic oxidation sites excluding steroid dienone is 3. The number of benzene rings is 2. The summed E-state index contributed by atoms with van der Waals surface area (Å²) in [6.45, 7) is 3.42. The molecule has 2 aromatic rings. The van der Waals surface area contributed by atoms with Crippen LogP contribution in [0, 0.1) is 12.8 Å². The number of hydrogen-bond acceptors (Lipinski definition) is 5. The summed E-state index contributed by atoms with van der Waals surface area (Å²) in [6, 6.07) is 14.0. The van der Waals surface area contributed by atoms with E-state index in [-0.39, 0.29) is 11.7 Å². The molecule has 1 amide bonds. The number of rotatable bonds is 5. The molecule has 2 aromatic carbocycles. The molecular weight excluding hydrogens is 370 g/mol. The minimum Gasteiger partial charge on any atom is -0.430 e. The third-order valence-corrected chi connectivity index (χ3v) is 4.31. The Hall–Kier alpha value is -3.80. The second kappa shape index (κ2) is 8.48. The molecule has 0 bridgehead atoms. The maximum absolute atomic E-state index is 12.3. The molecule has 1 N–H and O–H groups in total. The fourth-order valence-electron chi connectivity index (χ4n) is 2.81. The fourth-order valence-corrected chi connectivity index (χ4v) is 2.81. The van der Waals surface area contributed by atoms with Crippen LogP contribution >= 0.6 is 0 Å². The van der Waals surface area contributed by atoms with Crippen molar-refractivity contribution >= 4 is 35.2 Å². The van der Waals surface area contributed by atoms with E-state index in [1.807, 2.05) is 19.1 Å². The van der Waals surface area contributed by atoms with Crippen molar-refractivity contribution in [3.63, 3.8) is 0 Å². The molecule has 1 atom stereocenters. The van der Waals surface area contributed by atoms with E-state index in [2.05, 4.69) is 5.32 Å². The summed E-state index contributed by atoms with van der Waals surface area (Å²) < 4.78 is 4.85. The van der Waals surface area contributed by atoms with Gasteiger partial charge in [-0.2, -0.15) is 0 Å². The number of nitrogens with one attached hydrogen (secondary N) is 1. The van der Waals surface area contributed by atoms with Crippen LogP contribution in [0.5, 0.6) is 0 Å². The molecule has 3 rings (SSSR count). The second-order valence-electron chi connectivity index (χ2n) is 6.69. The number of aryl methyl sites for hydroxylation is 1. The van der Waals surface area contributed by atoms with Crippen molar-refractivity contribution in [3.05, 3.63) is 83.1 Å². The quantitative estimate of drug-likeness (QED) is 0.480. The van der Waals surface area contributed by atoms with Crippen LogP contribution in [0.25, 0.3) is 6.08 Å². The predicted molar refractivity (Wildman–Crippen MR) is 108 cm³/mol. The summed E-state index contributed by atoms with van der Waals surface area (Å²) >= 11 is 0. The van der Waals surface area contributed by atoms with Crippen molar-refractivity contribution in [2.24, 2.45) is 5.92 Å². The smallest absolute Gasteiger partial charge is 0.329 e. The van der Waals surface area contributed by atoms with Crippen molar-refractivity contribution in [1.82, 2.24) is 0 Å². The van der Waals surface area contributed by atoms with E-state index in [1.54, 1.807) is 36.4 Å². The van der Waals surface area contributed by atoms with Crippen LogP contribution in [-0.4, -0.2) is 23.4 Å². The predicted octanol–water partition coefficient (Wildman–Crippen LogP) is 3.48. The number of carbonyl (C=O) groups is 4. The number of ether oxygens (including phenoxy) is 1. The number of carbonyl (C=O) groups excluding carboxylic acids is 4. The van der Waals surface area contributed by atoms with Crippen LogP contribution in [0.4, 0.5) is 5.69 Å². The van der Waals surface area contributed by atoms with E-state index in [0.29, 0.717) is 16.8 Å². The molecule has 6 heteroatoms. The lowest BCUT2D eigenvalue weighted by Gasteiger charge is -2.15. The molecule has 1 aliphatic rings. The molecule has 0 saturated heterocycles. The van der Waals surface area contributed by atoms with Crippen LogP contribution in [0.15, 0.2) is 66.4 Å². The van der Waals surface area contributed by atoms with Crippen LogP contribution in [0.1, 0.15) is 28.4 Å². The first-order chi connectivity index (χ1) is 13.8. The Labute approximate surface area is 167 Å². The third-order valence-electron chi connectivity index (χ3n) is 4.31. The summed E-state index contributed by atoms with van der Waals surface area (Å²) in [5.41, 5.74) is 2.77. The Morgan fingerprint density at radius 3 is 2.45 bits per heavy atom. The lowest BCUT2D eigenvalue weighted by Crippen LogP contribution is -2.34. The lowest BCUT2D eigenvalue weighted by atomic mass is 9.96. The normalized spacial score (nSPS) is 16.3. The number of cyclic esters (lactones) is 1. The monoisotopic (exact) mass is 389 g/mol. The molecule has 6 nitrogen and oxygen atoms in total. The van der Waals surface area contributed by atoms with Crippen LogP contribution in [0.3, 0.4) is 0 Å². The van der Waals surface area contributed by atoms with Crippen molar-refractivity contribution in [1.29, 1.82) is 0 Å². The van der Waals surface area contributed by atoms with Gasteiger partial charge in [-0.25, -0.2) is 0 Å². The van der Waals surface area contributed by atoms with Gasteiger partial charge in [0.1, 0.15) is 5.76 Å². The highest BCUT2D eigenvalue weighted by molar-refractivity contribution is 6.25. The van der Waals surface area contributed by atoms with Crippen molar-refractivity contribution in [2.75, 3.05) is 5.32 Å². The summed E-state index contributed by atoms with van der Waals surface area (Å²) in [6.07, 6.45) is 3.79. The fraction of sp³-hybridized carbons (Fsp3) is 0.130. The number of anilines is 1. The van der Waals surface area contributed by atoms with Gasteiger partial charge in [0.2, 0.25) is 0 Å². The summed E-state index contributed by atoms with van der Waals surface area (Å²) in [7, 11) is 0. The first kappa shape index (κ1) is 19.9. The molecule has 0 radical (unpaired) electrons. The van der Waals surface area contributed by atoms with Crippen LogP contribution in [0.2, 0.25) is 0 Å². The molecular formula is C23H19NO5. The Morgan fingerprint density at radius 1 is 1.03 bits per heavy atom. The van der Waals surface area contributed by atoms with Crippen molar-refractivity contribution < 1.29 is 23.9 Å². The van der Waals surface area contributed by atoms with Gasteiger partial charge in [-0.1, -0.05) is 35.9 Å². The highest BCUT2D eigenvalue weighted by Gasteiger charge is 2.36. The maximum Gasteiger partial charge on any atom is 0.329 e. The molecule has 1 heterocycles. The van der Waals surface area contributed by atoms with Gasteiger partial charge >= 0.3 is 5.97 Å². The van der Waals surface area contributed by atoms with Gasteiger partial charge in [0.25, 0.3) is 5.91 Å². The van der Waals surface area contributed by atoms with E-state index >= 15 is 0 Å². The molecule has 0 aliphatic carbocycles. The zero-order valence-corrected chi connectivity index (χ0v) is 16.0. The number of esters is 1. The molecule has 0 saturated carbocycles. The molecule has 1 aliphatic heterocycles. The van der Waals surface area contributed by atoms with Crippen LogP contribution in [-0.2, 0) is 19.1 Å². The van der Waals surface area contributed by atoms with E-state index in [0.717, 1.165) is 11.6 Å². The zero-order chi connectivity index (χ0) is 21.0. The number of hydrogen-bond donors (Lipinski definition) is 1. The van der Waals surface area contributed by atoms with Crippen molar-refractivity contribution in [3.8, 4) is 0 Å². The molecule has 1 unspecified atom stereocenters. The Balaban J connectivity index is 1.70. The van der Waals surface area contributed by atoms with Gasteiger partial charge in [-0.05, 0) is 49.8 Å². The average molecular weight is 389 g/mol. The molecule has 29 heavy (non-hydrogen) atoms. The standard InChI is InChI=1S/C23H19NO5/c1-14-6-9-17(10-7-14)22(27)24-18-5-3-4-16(13-18)8-11-19(25)21-20(26)12-15(2)29-23(21)28/h3-13,21H,1-2H3,(H,24,27). The number of amides is 1.